The number of amides is 2. The molecular weight excluding hydrogens is 208 g/mol. The molecule has 1 aliphatic heterocycles. The molecule has 0 unspecified atom stereocenters. The molecule has 1 N–H and O–H groups in total. The van der Waals surface area contributed by atoms with Gasteiger partial charge in [-0.2, -0.15) is 0 Å². The molecule has 0 atom stereocenters. The van der Waals surface area contributed by atoms with E-state index in [-0.39, 0.29) is 6.03 Å². The van der Waals surface area contributed by atoms with Gasteiger partial charge < -0.3 is 10.2 Å². The maximum absolute atomic E-state index is 11.5. The highest BCUT2D eigenvalue weighted by Gasteiger charge is 2.18. The predicted octanol–water partition coefficient (Wildman–Crippen LogP) is 2.28. The van der Waals surface area contributed by atoms with E-state index in [1.54, 1.807) is 11.3 Å². The average Bonchev–Trinajstić information content (AvgIpc) is 2.50. The second-order valence-corrected chi connectivity index (χ2v) is 5.30. The highest BCUT2D eigenvalue weighted by Crippen LogP contribution is 2.22. The van der Waals surface area contributed by atoms with Gasteiger partial charge in [-0.15, -0.1) is 11.3 Å². The average molecular weight is 224 g/mol. The summed E-state index contributed by atoms with van der Waals surface area (Å²) in [4.78, 5) is 16.0. The molecule has 1 saturated heterocycles. The van der Waals surface area contributed by atoms with Crippen molar-refractivity contribution >= 4 is 17.4 Å². The van der Waals surface area contributed by atoms with Crippen molar-refractivity contribution in [3.8, 4) is 0 Å². The topological polar surface area (TPSA) is 32.3 Å². The van der Waals surface area contributed by atoms with Crippen molar-refractivity contribution in [2.75, 3.05) is 13.1 Å². The standard InChI is InChI=1S/C11H16N2OS/c1-8-6-10(15-9(8)2)7-13-5-3-4-12-11(13)14/h6H,3-5,7H2,1-2H3,(H,12,14). The van der Waals surface area contributed by atoms with Crippen LogP contribution in [0.15, 0.2) is 6.07 Å². The highest BCUT2D eigenvalue weighted by atomic mass is 32.1. The van der Waals surface area contributed by atoms with E-state index in [0.29, 0.717) is 0 Å². The maximum Gasteiger partial charge on any atom is 0.317 e. The molecule has 2 rings (SSSR count). The zero-order valence-electron chi connectivity index (χ0n) is 9.17. The van der Waals surface area contributed by atoms with Gasteiger partial charge in [0.2, 0.25) is 0 Å². The minimum Gasteiger partial charge on any atom is -0.338 e. The largest absolute Gasteiger partial charge is 0.338 e. The number of hydrogen-bond donors (Lipinski definition) is 1. The van der Waals surface area contributed by atoms with Crippen LogP contribution in [0.5, 0.6) is 0 Å². The quantitative estimate of drug-likeness (QED) is 0.821. The van der Waals surface area contributed by atoms with Crippen molar-refractivity contribution in [1.82, 2.24) is 10.2 Å². The Bertz CT molecular complexity index is 353. The van der Waals surface area contributed by atoms with Crippen LogP contribution in [0.4, 0.5) is 4.79 Å². The van der Waals surface area contributed by atoms with Crippen molar-refractivity contribution < 1.29 is 4.79 Å². The van der Waals surface area contributed by atoms with Crippen LogP contribution in [0.2, 0.25) is 0 Å². The maximum atomic E-state index is 11.5. The fourth-order valence-electron chi connectivity index (χ4n) is 1.75. The first-order valence-corrected chi connectivity index (χ1v) is 6.07. The molecule has 0 aliphatic carbocycles. The van der Waals surface area contributed by atoms with Crippen LogP contribution in [0.1, 0.15) is 21.7 Å². The Morgan fingerprint density at radius 2 is 2.33 bits per heavy atom. The lowest BCUT2D eigenvalue weighted by Gasteiger charge is -2.26. The summed E-state index contributed by atoms with van der Waals surface area (Å²) in [5.74, 6) is 0. The summed E-state index contributed by atoms with van der Waals surface area (Å²) in [6.07, 6.45) is 1.05. The fourth-order valence-corrected chi connectivity index (χ4v) is 2.81. The van der Waals surface area contributed by atoms with Crippen LogP contribution < -0.4 is 5.32 Å². The third kappa shape index (κ3) is 2.31. The Morgan fingerprint density at radius 1 is 1.53 bits per heavy atom. The predicted molar refractivity (Wildman–Crippen MR) is 62.2 cm³/mol. The molecule has 82 valence electrons. The van der Waals surface area contributed by atoms with E-state index in [1.165, 1.54) is 15.3 Å². The zero-order chi connectivity index (χ0) is 10.8. The van der Waals surface area contributed by atoms with E-state index in [0.717, 1.165) is 26.1 Å². The van der Waals surface area contributed by atoms with Gasteiger partial charge >= 0.3 is 6.03 Å². The van der Waals surface area contributed by atoms with Crippen molar-refractivity contribution in [3.05, 3.63) is 21.4 Å². The first-order valence-electron chi connectivity index (χ1n) is 5.25. The van der Waals surface area contributed by atoms with Gasteiger partial charge in [-0.25, -0.2) is 4.79 Å². The lowest BCUT2D eigenvalue weighted by molar-refractivity contribution is 0.184. The first kappa shape index (κ1) is 10.5. The minimum atomic E-state index is 0.0740. The Morgan fingerprint density at radius 3 is 2.93 bits per heavy atom. The van der Waals surface area contributed by atoms with Gasteiger partial charge in [-0.05, 0) is 31.9 Å². The van der Waals surface area contributed by atoms with Gasteiger partial charge in [0.1, 0.15) is 0 Å². The van der Waals surface area contributed by atoms with Gasteiger partial charge in [-0.3, -0.25) is 0 Å². The Labute approximate surface area is 94.1 Å². The summed E-state index contributed by atoms with van der Waals surface area (Å²) in [5, 5.41) is 2.87. The van der Waals surface area contributed by atoms with E-state index in [4.69, 9.17) is 0 Å². The number of nitrogens with zero attached hydrogens (tertiary/aromatic N) is 1. The fraction of sp³-hybridized carbons (Fsp3) is 0.545. The molecule has 3 nitrogen and oxygen atoms in total. The second-order valence-electron chi connectivity index (χ2n) is 3.96. The summed E-state index contributed by atoms with van der Waals surface area (Å²) < 4.78 is 0. The summed E-state index contributed by atoms with van der Waals surface area (Å²) in [7, 11) is 0. The number of nitrogens with one attached hydrogen (secondary N) is 1. The molecule has 15 heavy (non-hydrogen) atoms. The Kier molecular flexibility index (Phi) is 2.95. The van der Waals surface area contributed by atoms with E-state index in [2.05, 4.69) is 25.2 Å². The minimum absolute atomic E-state index is 0.0740. The van der Waals surface area contributed by atoms with E-state index >= 15 is 0 Å². The summed E-state index contributed by atoms with van der Waals surface area (Å²) in [6.45, 7) is 6.69. The van der Waals surface area contributed by atoms with E-state index in [9.17, 15) is 4.79 Å². The summed E-state index contributed by atoms with van der Waals surface area (Å²) >= 11 is 1.79. The molecule has 1 aliphatic rings. The monoisotopic (exact) mass is 224 g/mol. The number of carbonyl (C=O) groups is 1. The molecule has 1 fully saturated rings. The number of aryl methyl sites for hydroxylation is 2. The Balaban J connectivity index is 2.04. The normalized spacial score (nSPS) is 16.7. The van der Waals surface area contributed by atoms with Crippen LogP contribution in [-0.4, -0.2) is 24.0 Å². The summed E-state index contributed by atoms with van der Waals surface area (Å²) in [5.41, 5.74) is 1.33. The van der Waals surface area contributed by atoms with Crippen LogP contribution in [0.3, 0.4) is 0 Å². The SMILES string of the molecule is Cc1cc(CN2CCCNC2=O)sc1C. The van der Waals surface area contributed by atoms with Gasteiger partial charge in [0.05, 0.1) is 6.54 Å². The molecule has 0 spiro atoms. The number of rotatable bonds is 2. The highest BCUT2D eigenvalue weighted by molar-refractivity contribution is 7.12. The van der Waals surface area contributed by atoms with E-state index in [1.807, 2.05) is 4.90 Å². The van der Waals surface area contributed by atoms with Crippen LogP contribution >= 0.6 is 11.3 Å². The number of hydrogen-bond acceptors (Lipinski definition) is 2. The van der Waals surface area contributed by atoms with Crippen molar-refractivity contribution in [1.29, 1.82) is 0 Å². The smallest absolute Gasteiger partial charge is 0.317 e. The van der Waals surface area contributed by atoms with Crippen molar-refractivity contribution in [2.24, 2.45) is 0 Å². The Hall–Kier alpha value is -1.03. The molecule has 0 saturated carbocycles. The van der Waals surface area contributed by atoms with Gasteiger partial charge in [0.25, 0.3) is 0 Å². The molecule has 1 aromatic rings. The molecule has 2 heterocycles. The molecule has 4 heteroatoms. The van der Waals surface area contributed by atoms with Crippen LogP contribution in [0, 0.1) is 13.8 Å². The molecule has 0 radical (unpaired) electrons. The van der Waals surface area contributed by atoms with Crippen molar-refractivity contribution in [2.45, 2.75) is 26.8 Å². The third-order valence-electron chi connectivity index (χ3n) is 2.73. The summed E-state index contributed by atoms with van der Waals surface area (Å²) in [6, 6.07) is 2.26. The van der Waals surface area contributed by atoms with Crippen molar-refractivity contribution in [3.63, 3.8) is 0 Å². The van der Waals surface area contributed by atoms with Crippen LogP contribution in [0.25, 0.3) is 0 Å². The lowest BCUT2D eigenvalue weighted by atomic mass is 10.2. The number of urea groups is 1. The van der Waals surface area contributed by atoms with Gasteiger partial charge in [-0.1, -0.05) is 0 Å². The molecule has 2 amide bonds. The first-order chi connectivity index (χ1) is 7.16. The van der Waals surface area contributed by atoms with E-state index < -0.39 is 0 Å². The molecule has 0 aromatic carbocycles. The number of thiophene rings is 1. The van der Waals surface area contributed by atoms with Gasteiger partial charge in [0, 0.05) is 22.8 Å². The zero-order valence-corrected chi connectivity index (χ0v) is 9.99. The van der Waals surface area contributed by atoms with Crippen LogP contribution in [-0.2, 0) is 6.54 Å². The number of carbonyl (C=O) groups excluding carboxylic acids is 1. The molecule has 1 aromatic heterocycles. The van der Waals surface area contributed by atoms with Gasteiger partial charge in [0.15, 0.2) is 0 Å². The lowest BCUT2D eigenvalue weighted by Crippen LogP contribution is -2.45. The molecule has 0 bridgehead atoms. The third-order valence-corrected chi connectivity index (χ3v) is 3.87. The molecular formula is C11H16N2OS. The second kappa shape index (κ2) is 4.23.